The standard InChI is InChI=1S/C19H24N6O2/c1-14-21-17(23-16-6-2-3-7-20-16)13-18(22-14)24-8-10-25(11-9-24)19(26)15-5-4-12-27-15/h2-3,6-7,13,15H,4-5,8-12H2,1H3,(H,20,21,22,23). The van der Waals surface area contributed by atoms with Crippen molar-refractivity contribution in [3.63, 3.8) is 0 Å². The van der Waals surface area contributed by atoms with E-state index in [0.29, 0.717) is 31.3 Å². The molecule has 4 rings (SSSR count). The van der Waals surface area contributed by atoms with Gasteiger partial charge in [0.25, 0.3) is 5.91 Å². The lowest BCUT2D eigenvalue weighted by Gasteiger charge is -2.36. The van der Waals surface area contributed by atoms with E-state index in [0.717, 1.165) is 37.6 Å². The molecule has 4 heterocycles. The lowest BCUT2D eigenvalue weighted by atomic mass is 10.2. The summed E-state index contributed by atoms with van der Waals surface area (Å²) in [7, 11) is 0. The molecule has 1 N–H and O–H groups in total. The number of carbonyl (C=O) groups is 1. The topological polar surface area (TPSA) is 83.5 Å². The van der Waals surface area contributed by atoms with E-state index >= 15 is 0 Å². The van der Waals surface area contributed by atoms with Gasteiger partial charge in [-0.25, -0.2) is 15.0 Å². The van der Waals surface area contributed by atoms with E-state index in [2.05, 4.69) is 25.2 Å². The Morgan fingerprint density at radius 2 is 2.04 bits per heavy atom. The number of nitrogens with zero attached hydrogens (tertiary/aromatic N) is 5. The SMILES string of the molecule is Cc1nc(Nc2ccccn2)cc(N2CCN(C(=O)C3CCCO3)CC2)n1. The molecular formula is C19H24N6O2. The van der Waals surface area contributed by atoms with Crippen LogP contribution in [-0.2, 0) is 9.53 Å². The van der Waals surface area contributed by atoms with Gasteiger partial charge in [0.2, 0.25) is 0 Å². The van der Waals surface area contributed by atoms with Crippen molar-refractivity contribution in [2.75, 3.05) is 43.0 Å². The number of anilines is 3. The van der Waals surface area contributed by atoms with Gasteiger partial charge in [-0.05, 0) is 31.9 Å². The number of amides is 1. The summed E-state index contributed by atoms with van der Waals surface area (Å²) >= 11 is 0. The maximum absolute atomic E-state index is 12.5. The van der Waals surface area contributed by atoms with Crippen LogP contribution in [-0.4, -0.2) is 64.6 Å². The third kappa shape index (κ3) is 4.16. The summed E-state index contributed by atoms with van der Waals surface area (Å²) in [5.41, 5.74) is 0. The fourth-order valence-corrected chi connectivity index (χ4v) is 3.48. The van der Waals surface area contributed by atoms with Gasteiger partial charge >= 0.3 is 0 Å². The zero-order chi connectivity index (χ0) is 18.6. The molecule has 2 aromatic heterocycles. The molecule has 2 aromatic rings. The molecule has 1 amide bonds. The van der Waals surface area contributed by atoms with Crippen molar-refractivity contribution >= 4 is 23.4 Å². The molecule has 0 aliphatic carbocycles. The first-order valence-electron chi connectivity index (χ1n) is 9.38. The molecule has 0 saturated carbocycles. The molecule has 0 aromatic carbocycles. The summed E-state index contributed by atoms with van der Waals surface area (Å²) in [5, 5.41) is 3.22. The van der Waals surface area contributed by atoms with Crippen LogP contribution in [0.25, 0.3) is 0 Å². The predicted molar refractivity (Wildman–Crippen MR) is 102 cm³/mol. The Labute approximate surface area is 158 Å². The Balaban J connectivity index is 1.41. The molecule has 0 bridgehead atoms. The van der Waals surface area contributed by atoms with Crippen molar-refractivity contribution < 1.29 is 9.53 Å². The van der Waals surface area contributed by atoms with Gasteiger partial charge in [0.05, 0.1) is 0 Å². The Morgan fingerprint density at radius 3 is 2.74 bits per heavy atom. The van der Waals surface area contributed by atoms with Crippen molar-refractivity contribution in [1.82, 2.24) is 19.9 Å². The van der Waals surface area contributed by atoms with E-state index in [1.54, 1.807) is 6.20 Å². The van der Waals surface area contributed by atoms with Gasteiger partial charge in [0.1, 0.15) is 29.4 Å². The zero-order valence-corrected chi connectivity index (χ0v) is 15.5. The normalized spacial score (nSPS) is 20.0. The van der Waals surface area contributed by atoms with Crippen LogP contribution in [0.3, 0.4) is 0 Å². The van der Waals surface area contributed by atoms with Crippen LogP contribution >= 0.6 is 0 Å². The monoisotopic (exact) mass is 368 g/mol. The molecule has 27 heavy (non-hydrogen) atoms. The van der Waals surface area contributed by atoms with Gasteiger partial charge in [-0.1, -0.05) is 6.07 Å². The number of nitrogens with one attached hydrogen (secondary N) is 1. The van der Waals surface area contributed by atoms with E-state index in [9.17, 15) is 4.79 Å². The minimum atomic E-state index is -0.244. The van der Waals surface area contributed by atoms with Crippen LogP contribution in [0, 0.1) is 6.92 Å². The molecule has 2 fully saturated rings. The minimum Gasteiger partial charge on any atom is -0.368 e. The van der Waals surface area contributed by atoms with E-state index in [1.165, 1.54) is 0 Å². The number of pyridine rings is 1. The van der Waals surface area contributed by atoms with Gasteiger partial charge in [-0.3, -0.25) is 4.79 Å². The number of aromatic nitrogens is 3. The second-order valence-corrected chi connectivity index (χ2v) is 6.81. The van der Waals surface area contributed by atoms with Crippen molar-refractivity contribution in [3.8, 4) is 0 Å². The molecule has 8 nitrogen and oxygen atoms in total. The summed E-state index contributed by atoms with van der Waals surface area (Å²) in [6.45, 7) is 5.44. The van der Waals surface area contributed by atoms with Crippen LogP contribution in [0.4, 0.5) is 17.5 Å². The quantitative estimate of drug-likeness (QED) is 0.880. The maximum Gasteiger partial charge on any atom is 0.251 e. The number of hydrogen-bond donors (Lipinski definition) is 1. The van der Waals surface area contributed by atoms with Crippen molar-refractivity contribution in [2.45, 2.75) is 25.9 Å². The van der Waals surface area contributed by atoms with E-state index in [4.69, 9.17) is 4.74 Å². The van der Waals surface area contributed by atoms with Crippen LogP contribution in [0.5, 0.6) is 0 Å². The number of hydrogen-bond acceptors (Lipinski definition) is 7. The molecule has 2 saturated heterocycles. The molecule has 2 aliphatic heterocycles. The van der Waals surface area contributed by atoms with Gasteiger partial charge in [0, 0.05) is 45.0 Å². The molecule has 1 atom stereocenters. The molecule has 2 aliphatic rings. The molecule has 1 unspecified atom stereocenters. The van der Waals surface area contributed by atoms with Crippen molar-refractivity contribution in [1.29, 1.82) is 0 Å². The van der Waals surface area contributed by atoms with Gasteiger partial charge in [-0.15, -0.1) is 0 Å². The summed E-state index contributed by atoms with van der Waals surface area (Å²) < 4.78 is 5.53. The molecule has 142 valence electrons. The molecule has 0 spiro atoms. The average molecular weight is 368 g/mol. The fourth-order valence-electron chi connectivity index (χ4n) is 3.48. The lowest BCUT2D eigenvalue weighted by Crippen LogP contribution is -2.51. The fraction of sp³-hybridized carbons (Fsp3) is 0.474. The van der Waals surface area contributed by atoms with Crippen LogP contribution in [0.2, 0.25) is 0 Å². The molecule has 8 heteroatoms. The third-order valence-electron chi connectivity index (χ3n) is 4.87. The summed E-state index contributed by atoms with van der Waals surface area (Å²) in [4.78, 5) is 29.9. The first-order valence-corrected chi connectivity index (χ1v) is 9.38. The third-order valence-corrected chi connectivity index (χ3v) is 4.87. The highest BCUT2D eigenvalue weighted by Gasteiger charge is 2.30. The summed E-state index contributed by atoms with van der Waals surface area (Å²) in [6, 6.07) is 7.62. The highest BCUT2D eigenvalue weighted by molar-refractivity contribution is 5.81. The number of piperazine rings is 1. The highest BCUT2D eigenvalue weighted by Crippen LogP contribution is 2.21. The highest BCUT2D eigenvalue weighted by atomic mass is 16.5. The van der Waals surface area contributed by atoms with Crippen LogP contribution in [0.15, 0.2) is 30.5 Å². The van der Waals surface area contributed by atoms with Crippen molar-refractivity contribution in [3.05, 3.63) is 36.3 Å². The van der Waals surface area contributed by atoms with Crippen LogP contribution < -0.4 is 10.2 Å². The number of rotatable bonds is 4. The van der Waals surface area contributed by atoms with E-state index < -0.39 is 0 Å². The van der Waals surface area contributed by atoms with Crippen LogP contribution in [0.1, 0.15) is 18.7 Å². The average Bonchev–Trinajstić information content (AvgIpc) is 3.23. The second-order valence-electron chi connectivity index (χ2n) is 6.81. The van der Waals surface area contributed by atoms with Gasteiger partial charge in [-0.2, -0.15) is 0 Å². The lowest BCUT2D eigenvalue weighted by molar-refractivity contribution is -0.141. The summed E-state index contributed by atoms with van der Waals surface area (Å²) in [6.07, 6.45) is 3.31. The largest absolute Gasteiger partial charge is 0.368 e. The van der Waals surface area contributed by atoms with E-state index in [1.807, 2.05) is 36.1 Å². The summed E-state index contributed by atoms with van der Waals surface area (Å²) in [5.74, 6) is 3.15. The Hall–Kier alpha value is -2.74. The number of aryl methyl sites for hydroxylation is 1. The first kappa shape index (κ1) is 17.7. The smallest absolute Gasteiger partial charge is 0.251 e. The molecular weight excluding hydrogens is 344 g/mol. The van der Waals surface area contributed by atoms with E-state index in [-0.39, 0.29) is 12.0 Å². The Bertz CT molecular complexity index is 786. The Morgan fingerprint density at radius 1 is 1.19 bits per heavy atom. The van der Waals surface area contributed by atoms with Crippen molar-refractivity contribution in [2.24, 2.45) is 0 Å². The molecule has 0 radical (unpaired) electrons. The first-order chi connectivity index (χ1) is 13.2. The van der Waals surface area contributed by atoms with Gasteiger partial charge in [0.15, 0.2) is 0 Å². The maximum atomic E-state index is 12.5. The number of carbonyl (C=O) groups excluding carboxylic acids is 1. The predicted octanol–water partition coefficient (Wildman–Crippen LogP) is 1.75. The Kier molecular flexibility index (Phi) is 5.15. The minimum absolute atomic E-state index is 0.128. The second kappa shape index (κ2) is 7.87. The number of ether oxygens (including phenoxy) is 1. The zero-order valence-electron chi connectivity index (χ0n) is 15.5. The van der Waals surface area contributed by atoms with Gasteiger partial charge < -0.3 is 19.9 Å².